The fourth-order valence-electron chi connectivity index (χ4n) is 4.17. The van der Waals surface area contributed by atoms with Crippen molar-refractivity contribution in [1.82, 2.24) is 0 Å². The van der Waals surface area contributed by atoms with E-state index in [1.165, 1.54) is 35.6 Å². The normalized spacial score (nSPS) is 31.9. The van der Waals surface area contributed by atoms with Crippen LogP contribution in [0.1, 0.15) is 43.2 Å². The van der Waals surface area contributed by atoms with Gasteiger partial charge in [-0.15, -0.1) is 0 Å². The first-order valence-electron chi connectivity index (χ1n) is 7.52. The minimum atomic E-state index is 0.321. The van der Waals surface area contributed by atoms with Gasteiger partial charge >= 0.3 is 0 Å². The maximum absolute atomic E-state index is 3.83. The third-order valence-corrected chi connectivity index (χ3v) is 6.02. The highest BCUT2D eigenvalue weighted by atomic mass is 79.9. The molecule has 0 amide bonds. The van der Waals surface area contributed by atoms with E-state index in [0.717, 1.165) is 0 Å². The summed E-state index contributed by atoms with van der Waals surface area (Å²) < 4.78 is 0. The lowest BCUT2D eigenvalue weighted by molar-refractivity contribution is 0.244. The molecule has 0 spiro atoms. The fourth-order valence-corrected chi connectivity index (χ4v) is 5.13. The highest BCUT2D eigenvalue weighted by Crippen LogP contribution is 2.53. The van der Waals surface area contributed by atoms with E-state index in [4.69, 9.17) is 0 Å². The summed E-state index contributed by atoms with van der Waals surface area (Å²) in [4.78, 5) is 0.676. The van der Waals surface area contributed by atoms with E-state index in [0.29, 0.717) is 16.2 Å². The molecule has 3 unspecified atom stereocenters. The van der Waals surface area contributed by atoms with Gasteiger partial charge in [0.2, 0.25) is 0 Å². The maximum atomic E-state index is 3.83. The van der Waals surface area contributed by atoms with E-state index in [9.17, 15) is 0 Å². The summed E-state index contributed by atoms with van der Waals surface area (Å²) in [6.45, 7) is 2.43. The molecule has 4 rings (SSSR count). The van der Waals surface area contributed by atoms with Crippen molar-refractivity contribution in [3.05, 3.63) is 53.6 Å². The van der Waals surface area contributed by atoms with E-state index in [1.807, 2.05) is 0 Å². The molecule has 1 saturated carbocycles. The minimum absolute atomic E-state index is 0.321. The summed E-state index contributed by atoms with van der Waals surface area (Å²) in [6.07, 6.45) is 8.68. The molecule has 0 aromatic heterocycles. The molecule has 0 radical (unpaired) electrons. The number of allylic oxidation sites excluding steroid dienone is 1. The lowest BCUT2D eigenvalue weighted by Crippen LogP contribution is -2.34. The zero-order valence-corrected chi connectivity index (χ0v) is 13.4. The predicted molar refractivity (Wildman–Crippen MR) is 90.4 cm³/mol. The average Bonchev–Trinajstić information content (AvgIpc) is 2.45. The molecule has 0 heterocycles. The van der Waals surface area contributed by atoms with Crippen LogP contribution >= 0.6 is 15.9 Å². The highest BCUT2D eigenvalue weighted by Gasteiger charge is 2.41. The summed E-state index contributed by atoms with van der Waals surface area (Å²) in [5.74, 6) is 0.681. The third-order valence-electron chi connectivity index (χ3n) is 5.24. The molecular weight excluding hydrogens is 308 g/mol. The van der Waals surface area contributed by atoms with Crippen molar-refractivity contribution < 1.29 is 0 Å². The second kappa shape index (κ2) is 4.46. The van der Waals surface area contributed by atoms with Crippen LogP contribution < -0.4 is 0 Å². The molecule has 0 saturated heterocycles. The third kappa shape index (κ3) is 1.79. The van der Waals surface area contributed by atoms with Crippen molar-refractivity contribution in [3.8, 4) is 0 Å². The van der Waals surface area contributed by atoms with Gasteiger partial charge in [0.05, 0.1) is 0 Å². The summed E-state index contributed by atoms with van der Waals surface area (Å²) >= 11 is 3.83. The van der Waals surface area contributed by atoms with Gasteiger partial charge < -0.3 is 0 Å². The van der Waals surface area contributed by atoms with Crippen LogP contribution in [0.2, 0.25) is 0 Å². The number of hydrogen-bond acceptors (Lipinski definition) is 0. The van der Waals surface area contributed by atoms with Crippen molar-refractivity contribution in [2.24, 2.45) is 5.41 Å². The quantitative estimate of drug-likeness (QED) is 0.528. The second-order valence-corrected chi connectivity index (χ2v) is 7.86. The van der Waals surface area contributed by atoms with Gasteiger partial charge in [0, 0.05) is 4.83 Å². The predicted octanol–water partition coefficient (Wildman–Crippen LogP) is 5.90. The molecule has 102 valence electrons. The Hall–Kier alpha value is -1.08. The Morgan fingerprint density at radius 2 is 1.95 bits per heavy atom. The highest BCUT2D eigenvalue weighted by molar-refractivity contribution is 9.09. The van der Waals surface area contributed by atoms with E-state index in [2.05, 4.69) is 71.4 Å². The largest absolute Gasteiger partial charge is 0.0890 e. The summed E-state index contributed by atoms with van der Waals surface area (Å²) in [5, 5.41) is 2.76. The summed E-state index contributed by atoms with van der Waals surface area (Å²) in [7, 11) is 0. The van der Waals surface area contributed by atoms with Gasteiger partial charge in [-0.3, -0.25) is 0 Å². The number of benzene rings is 2. The van der Waals surface area contributed by atoms with Crippen molar-refractivity contribution >= 4 is 32.8 Å². The van der Waals surface area contributed by atoms with Crippen LogP contribution in [0.5, 0.6) is 0 Å². The molecule has 2 aliphatic carbocycles. The number of rotatable bonds is 0. The standard InChI is InChI=1S/C19H19Br/c1-19-11-10-16-15-5-3-2-4-13(15)6-8-17(16)18(19)9-7-14(20)12-19/h2-6,8,10-11,14,18H,7,9,12H2,1H3. The monoisotopic (exact) mass is 326 g/mol. The molecule has 2 aromatic carbocycles. The van der Waals surface area contributed by atoms with Crippen molar-refractivity contribution in [2.45, 2.75) is 36.9 Å². The van der Waals surface area contributed by atoms with Gasteiger partial charge in [-0.1, -0.05) is 71.4 Å². The van der Waals surface area contributed by atoms with Crippen LogP contribution in [0.25, 0.3) is 16.8 Å². The van der Waals surface area contributed by atoms with Gasteiger partial charge in [0.1, 0.15) is 0 Å². The molecule has 0 nitrogen and oxygen atoms in total. The lowest BCUT2D eigenvalue weighted by Gasteiger charge is -2.44. The van der Waals surface area contributed by atoms with Crippen LogP contribution in [0.3, 0.4) is 0 Å². The van der Waals surface area contributed by atoms with Gasteiger partial charge in [-0.05, 0) is 52.5 Å². The first-order chi connectivity index (χ1) is 9.67. The molecule has 0 bridgehead atoms. The van der Waals surface area contributed by atoms with Crippen LogP contribution in [0, 0.1) is 5.41 Å². The van der Waals surface area contributed by atoms with E-state index < -0.39 is 0 Å². The SMILES string of the molecule is CC12C=Cc3c(ccc4ccccc34)C1CCC(Br)C2. The average molecular weight is 327 g/mol. The molecule has 2 aromatic rings. The Balaban J connectivity index is 1.92. The van der Waals surface area contributed by atoms with E-state index >= 15 is 0 Å². The molecular formula is C19H19Br. The van der Waals surface area contributed by atoms with Crippen LogP contribution in [-0.2, 0) is 0 Å². The number of hydrogen-bond donors (Lipinski definition) is 0. The maximum Gasteiger partial charge on any atom is 0.0154 e. The van der Waals surface area contributed by atoms with Crippen molar-refractivity contribution in [2.75, 3.05) is 0 Å². The van der Waals surface area contributed by atoms with Crippen LogP contribution in [-0.4, -0.2) is 4.83 Å². The van der Waals surface area contributed by atoms with Gasteiger partial charge in [0.25, 0.3) is 0 Å². The van der Waals surface area contributed by atoms with Gasteiger partial charge in [-0.25, -0.2) is 0 Å². The Kier molecular flexibility index (Phi) is 2.82. The van der Waals surface area contributed by atoms with Crippen LogP contribution in [0.4, 0.5) is 0 Å². The first kappa shape index (κ1) is 12.6. The van der Waals surface area contributed by atoms with E-state index in [1.54, 1.807) is 5.56 Å². The first-order valence-corrected chi connectivity index (χ1v) is 8.44. The topological polar surface area (TPSA) is 0 Å². The Bertz CT molecular complexity index is 700. The molecule has 0 aliphatic heterocycles. The molecule has 3 atom stereocenters. The van der Waals surface area contributed by atoms with Crippen LogP contribution in [0.15, 0.2) is 42.5 Å². The van der Waals surface area contributed by atoms with Gasteiger partial charge in [-0.2, -0.15) is 0 Å². The molecule has 20 heavy (non-hydrogen) atoms. The Morgan fingerprint density at radius 1 is 1.10 bits per heavy atom. The fraction of sp³-hybridized carbons (Fsp3) is 0.368. The van der Waals surface area contributed by atoms with E-state index in [-0.39, 0.29) is 0 Å². The summed E-state index contributed by atoms with van der Waals surface area (Å²) in [6, 6.07) is 13.4. The Labute approximate surface area is 129 Å². The zero-order valence-electron chi connectivity index (χ0n) is 11.8. The smallest absolute Gasteiger partial charge is 0.0154 e. The van der Waals surface area contributed by atoms with Crippen molar-refractivity contribution in [3.63, 3.8) is 0 Å². The molecule has 2 aliphatic rings. The Morgan fingerprint density at radius 3 is 2.85 bits per heavy atom. The second-order valence-electron chi connectivity index (χ2n) is 6.56. The molecule has 1 fully saturated rings. The molecule has 0 N–H and O–H groups in total. The number of halogens is 1. The summed E-state index contributed by atoms with van der Waals surface area (Å²) in [5.41, 5.74) is 3.34. The number of fused-ring (bicyclic) bond motifs is 5. The van der Waals surface area contributed by atoms with Gasteiger partial charge in [0.15, 0.2) is 0 Å². The lowest BCUT2D eigenvalue weighted by atomic mass is 9.61. The van der Waals surface area contributed by atoms with Crippen molar-refractivity contribution in [1.29, 1.82) is 0 Å². The molecule has 1 heteroatoms. The zero-order chi connectivity index (χ0) is 13.7. The minimum Gasteiger partial charge on any atom is -0.0890 e. The number of alkyl halides is 1.